The highest BCUT2D eigenvalue weighted by atomic mass is 32.2. The zero-order valence-corrected chi connectivity index (χ0v) is 21.4. The molecular weight excluding hydrogens is 458 g/mol. The van der Waals surface area contributed by atoms with Crippen LogP contribution in [0.1, 0.15) is 37.0 Å². The van der Waals surface area contributed by atoms with Crippen LogP contribution < -0.4 is 10.5 Å². The monoisotopic (exact) mass is 489 g/mol. The second kappa shape index (κ2) is 11.3. The van der Waals surface area contributed by atoms with Gasteiger partial charge in [-0.15, -0.1) is 0 Å². The highest BCUT2D eigenvalue weighted by Gasteiger charge is 2.33. The van der Waals surface area contributed by atoms with Crippen LogP contribution in [-0.4, -0.2) is 77.6 Å². The van der Waals surface area contributed by atoms with Gasteiger partial charge in [-0.3, -0.25) is 19.1 Å². The van der Waals surface area contributed by atoms with Crippen LogP contribution >= 0.6 is 24.0 Å². The summed E-state index contributed by atoms with van der Waals surface area (Å²) in [5.74, 6) is 0.631. The zero-order chi connectivity index (χ0) is 24.1. The molecule has 2 aliphatic rings. The minimum absolute atomic E-state index is 0.119. The van der Waals surface area contributed by atoms with E-state index < -0.39 is 0 Å². The van der Waals surface area contributed by atoms with E-state index in [1.54, 1.807) is 16.4 Å². The van der Waals surface area contributed by atoms with Crippen molar-refractivity contribution < 1.29 is 9.53 Å². The van der Waals surface area contributed by atoms with Gasteiger partial charge in [-0.05, 0) is 45.9 Å². The van der Waals surface area contributed by atoms with E-state index in [1.807, 2.05) is 19.9 Å². The summed E-state index contributed by atoms with van der Waals surface area (Å²) in [5.41, 5.74) is 1.18. The second-order valence-corrected chi connectivity index (χ2v) is 9.75. The minimum Gasteiger partial charge on any atom is -0.382 e. The van der Waals surface area contributed by atoms with Crippen LogP contribution in [0.2, 0.25) is 0 Å². The van der Waals surface area contributed by atoms with E-state index in [4.69, 9.17) is 17.0 Å². The Labute approximate surface area is 204 Å². The molecule has 0 N–H and O–H groups in total. The molecule has 33 heavy (non-hydrogen) atoms. The number of thioether (sulfide) groups is 1. The summed E-state index contributed by atoms with van der Waals surface area (Å²) < 4.78 is 7.56. The Morgan fingerprint density at radius 1 is 1.21 bits per heavy atom. The van der Waals surface area contributed by atoms with Crippen LogP contribution in [0.4, 0.5) is 5.82 Å². The van der Waals surface area contributed by atoms with E-state index in [2.05, 4.69) is 22.9 Å². The lowest BCUT2D eigenvalue weighted by Crippen LogP contribution is -2.47. The SMILES string of the molecule is CCOCCCN1C(=O)/C(=C/c2c(C)c(C#N)c(=O)n(CC)c2N2CCN(C)CC2)SC1=S. The van der Waals surface area contributed by atoms with E-state index in [9.17, 15) is 14.9 Å². The summed E-state index contributed by atoms with van der Waals surface area (Å²) in [6, 6.07) is 2.08. The maximum absolute atomic E-state index is 13.2. The fraction of sp³-hybridized carbons (Fsp3) is 0.565. The van der Waals surface area contributed by atoms with Crippen molar-refractivity contribution >= 4 is 46.1 Å². The van der Waals surface area contributed by atoms with E-state index in [0.717, 1.165) is 37.6 Å². The number of hydrogen-bond acceptors (Lipinski definition) is 8. The van der Waals surface area contributed by atoms with Crippen molar-refractivity contribution in [3.8, 4) is 6.07 Å². The van der Waals surface area contributed by atoms with Crippen molar-refractivity contribution in [1.82, 2.24) is 14.4 Å². The third kappa shape index (κ3) is 5.32. The molecule has 0 spiro atoms. The maximum atomic E-state index is 13.2. The Morgan fingerprint density at radius 2 is 1.91 bits per heavy atom. The predicted molar refractivity (Wildman–Crippen MR) is 137 cm³/mol. The van der Waals surface area contributed by atoms with Gasteiger partial charge in [0.1, 0.15) is 21.8 Å². The van der Waals surface area contributed by atoms with Crippen molar-refractivity contribution in [2.24, 2.45) is 0 Å². The van der Waals surface area contributed by atoms with E-state index >= 15 is 0 Å². The Morgan fingerprint density at radius 3 is 2.52 bits per heavy atom. The maximum Gasteiger partial charge on any atom is 0.270 e. The number of ether oxygens (including phenoxy) is 1. The number of nitrogens with zero attached hydrogens (tertiary/aromatic N) is 5. The first-order chi connectivity index (χ1) is 15.8. The van der Waals surface area contributed by atoms with Crippen molar-refractivity contribution in [2.45, 2.75) is 33.7 Å². The van der Waals surface area contributed by atoms with Gasteiger partial charge < -0.3 is 14.5 Å². The number of amides is 1. The Balaban J connectivity index is 2.05. The topological polar surface area (TPSA) is 81.8 Å². The Bertz CT molecular complexity index is 1050. The average molecular weight is 490 g/mol. The number of aromatic nitrogens is 1. The molecular formula is C23H31N5O3S2. The molecule has 2 fully saturated rings. The summed E-state index contributed by atoms with van der Waals surface area (Å²) in [7, 11) is 2.08. The third-order valence-electron chi connectivity index (χ3n) is 5.99. The van der Waals surface area contributed by atoms with Gasteiger partial charge in [-0.2, -0.15) is 5.26 Å². The summed E-state index contributed by atoms with van der Waals surface area (Å²) in [6.07, 6.45) is 2.52. The van der Waals surface area contributed by atoms with Crippen LogP contribution in [-0.2, 0) is 16.1 Å². The number of nitriles is 1. The van der Waals surface area contributed by atoms with E-state index in [0.29, 0.717) is 47.5 Å². The first-order valence-electron chi connectivity index (χ1n) is 11.3. The molecule has 1 amide bonds. The van der Waals surface area contributed by atoms with Crippen molar-refractivity contribution in [3.05, 3.63) is 31.9 Å². The molecule has 1 aromatic rings. The number of pyridine rings is 1. The number of likely N-dealkylation sites (N-methyl/N-ethyl adjacent to an activating group) is 1. The number of anilines is 1. The number of piperazine rings is 1. The minimum atomic E-state index is -0.285. The van der Waals surface area contributed by atoms with Gasteiger partial charge >= 0.3 is 0 Å². The molecule has 178 valence electrons. The highest BCUT2D eigenvalue weighted by Crippen LogP contribution is 2.36. The number of carbonyl (C=O) groups is 1. The average Bonchev–Trinajstić information content (AvgIpc) is 3.06. The van der Waals surface area contributed by atoms with Gasteiger partial charge in [0.15, 0.2) is 0 Å². The first kappa shape index (κ1) is 25.4. The summed E-state index contributed by atoms with van der Waals surface area (Å²) >= 11 is 6.74. The molecule has 1 aromatic heterocycles. The smallest absolute Gasteiger partial charge is 0.270 e. The van der Waals surface area contributed by atoms with Crippen molar-refractivity contribution in [2.75, 3.05) is 57.9 Å². The van der Waals surface area contributed by atoms with E-state index in [-0.39, 0.29) is 17.0 Å². The molecule has 0 unspecified atom stereocenters. The van der Waals surface area contributed by atoms with Gasteiger partial charge in [-0.1, -0.05) is 24.0 Å². The van der Waals surface area contributed by atoms with Gasteiger partial charge in [0.05, 0.1) is 4.91 Å². The molecule has 0 saturated carbocycles. The molecule has 0 bridgehead atoms. The third-order valence-corrected chi connectivity index (χ3v) is 7.37. The molecule has 0 aromatic carbocycles. The van der Waals surface area contributed by atoms with Crippen LogP contribution in [0.5, 0.6) is 0 Å². The number of hydrogen-bond donors (Lipinski definition) is 0. The largest absolute Gasteiger partial charge is 0.382 e. The summed E-state index contributed by atoms with van der Waals surface area (Å²) in [4.78, 5) is 32.8. The number of rotatable bonds is 8. The first-order valence-corrected chi connectivity index (χ1v) is 12.5. The van der Waals surface area contributed by atoms with E-state index in [1.165, 1.54) is 11.8 Å². The van der Waals surface area contributed by atoms with Crippen molar-refractivity contribution in [1.29, 1.82) is 5.26 Å². The van der Waals surface area contributed by atoms with Crippen LogP contribution in [0.15, 0.2) is 9.70 Å². The van der Waals surface area contributed by atoms with Gasteiger partial charge in [-0.25, -0.2) is 0 Å². The summed E-state index contributed by atoms with van der Waals surface area (Å²) in [6.45, 7) is 11.1. The molecule has 0 atom stereocenters. The number of thiocarbonyl (C=S) groups is 1. The molecule has 0 radical (unpaired) electrons. The van der Waals surface area contributed by atoms with Gasteiger partial charge in [0.25, 0.3) is 11.5 Å². The van der Waals surface area contributed by atoms with Crippen LogP contribution in [0.25, 0.3) is 6.08 Å². The molecule has 10 heteroatoms. The molecule has 0 aliphatic carbocycles. The Kier molecular flexibility index (Phi) is 8.70. The molecule has 3 rings (SSSR count). The second-order valence-electron chi connectivity index (χ2n) is 8.07. The number of carbonyl (C=O) groups excluding carboxylic acids is 1. The molecule has 2 saturated heterocycles. The van der Waals surface area contributed by atoms with Crippen LogP contribution in [0.3, 0.4) is 0 Å². The van der Waals surface area contributed by atoms with Gasteiger partial charge in [0, 0.05) is 58.0 Å². The van der Waals surface area contributed by atoms with Crippen molar-refractivity contribution in [3.63, 3.8) is 0 Å². The fourth-order valence-corrected chi connectivity index (χ4v) is 5.38. The quantitative estimate of drug-likeness (QED) is 0.313. The highest BCUT2D eigenvalue weighted by molar-refractivity contribution is 8.26. The summed E-state index contributed by atoms with van der Waals surface area (Å²) in [5, 5.41) is 9.70. The Hall–Kier alpha value is -2.19. The molecule has 3 heterocycles. The standard InChI is InChI=1S/C23H31N5O3S2/c1-5-27-20(26-11-9-25(4)10-12-26)17(16(3)18(15-24)21(27)29)14-19-22(30)28(23(32)33-19)8-7-13-31-6-2/h14H,5-13H2,1-4H3/b19-14-. The molecule has 2 aliphatic heterocycles. The lowest BCUT2D eigenvalue weighted by atomic mass is 10.0. The van der Waals surface area contributed by atoms with Crippen LogP contribution in [0, 0.1) is 18.3 Å². The molecule has 8 nitrogen and oxygen atoms in total. The lowest BCUT2D eigenvalue weighted by Gasteiger charge is -2.36. The fourth-order valence-electron chi connectivity index (χ4n) is 4.09. The van der Waals surface area contributed by atoms with Gasteiger partial charge in [0.2, 0.25) is 0 Å². The predicted octanol–water partition coefficient (Wildman–Crippen LogP) is 2.43. The zero-order valence-electron chi connectivity index (χ0n) is 19.7. The normalized spacial score (nSPS) is 18.5. The lowest BCUT2D eigenvalue weighted by molar-refractivity contribution is -0.122.